The van der Waals surface area contributed by atoms with Gasteiger partial charge in [-0.2, -0.15) is 0 Å². The lowest BCUT2D eigenvalue weighted by Crippen LogP contribution is -2.35. The maximum atomic E-state index is 13.3. The summed E-state index contributed by atoms with van der Waals surface area (Å²) in [5, 5.41) is 0. The van der Waals surface area contributed by atoms with Crippen molar-refractivity contribution in [3.63, 3.8) is 0 Å². The largest absolute Gasteiger partial charge is 0.466 e. The van der Waals surface area contributed by atoms with Gasteiger partial charge in [0.2, 0.25) is 5.88 Å². The van der Waals surface area contributed by atoms with Crippen LogP contribution in [0.5, 0.6) is 5.88 Å². The lowest BCUT2D eigenvalue weighted by atomic mass is 9.76. The summed E-state index contributed by atoms with van der Waals surface area (Å²) in [6.07, 6.45) is 5.38. The molecule has 1 saturated carbocycles. The van der Waals surface area contributed by atoms with Crippen molar-refractivity contribution in [1.29, 1.82) is 0 Å². The van der Waals surface area contributed by atoms with E-state index in [4.69, 9.17) is 17.0 Å². The first-order valence-corrected chi connectivity index (χ1v) is 10.2. The predicted molar refractivity (Wildman–Crippen MR) is 105 cm³/mol. The molecule has 0 radical (unpaired) electrons. The Morgan fingerprint density at radius 1 is 1.12 bits per heavy atom. The molecule has 1 aliphatic heterocycles. The van der Waals surface area contributed by atoms with Gasteiger partial charge in [-0.25, -0.2) is 0 Å². The minimum atomic E-state index is -0.440. The molecule has 5 heteroatoms. The molecule has 1 aromatic heterocycles. The van der Waals surface area contributed by atoms with Gasteiger partial charge in [0, 0.05) is 19.0 Å². The topological polar surface area (TPSA) is 36.2 Å². The van der Waals surface area contributed by atoms with Gasteiger partial charge in [-0.15, -0.1) is 0 Å². The van der Waals surface area contributed by atoms with Gasteiger partial charge in [0.1, 0.15) is 5.60 Å². The first-order chi connectivity index (χ1) is 12.6. The van der Waals surface area contributed by atoms with E-state index in [1.54, 1.807) is 4.57 Å². The van der Waals surface area contributed by atoms with Crippen LogP contribution in [-0.4, -0.2) is 9.13 Å². The molecule has 4 rings (SSSR count). The summed E-state index contributed by atoms with van der Waals surface area (Å²) in [4.78, 5) is 13.3. The second kappa shape index (κ2) is 6.69. The minimum absolute atomic E-state index is 0.0434. The fourth-order valence-electron chi connectivity index (χ4n) is 4.78. The SMILES string of the molecule is CCn1c2c(c(=O)n(CC)c1=S)[C@@H]1CCCCC[C@]1(c1ccccc1)O2. The molecule has 1 aliphatic carbocycles. The van der Waals surface area contributed by atoms with Crippen LogP contribution in [0.4, 0.5) is 0 Å². The molecule has 0 unspecified atom stereocenters. The summed E-state index contributed by atoms with van der Waals surface area (Å²) in [6, 6.07) is 10.5. The van der Waals surface area contributed by atoms with Gasteiger partial charge in [-0.05, 0) is 50.9 Å². The van der Waals surface area contributed by atoms with E-state index in [1.165, 1.54) is 12.0 Å². The molecule has 138 valence electrons. The van der Waals surface area contributed by atoms with Crippen molar-refractivity contribution in [2.24, 2.45) is 0 Å². The van der Waals surface area contributed by atoms with E-state index in [0.717, 1.165) is 31.2 Å². The normalized spacial score (nSPS) is 24.5. The molecule has 2 heterocycles. The van der Waals surface area contributed by atoms with Crippen LogP contribution < -0.4 is 10.3 Å². The fourth-order valence-corrected chi connectivity index (χ4v) is 5.21. The molecule has 0 N–H and O–H groups in total. The quantitative estimate of drug-likeness (QED) is 0.731. The minimum Gasteiger partial charge on any atom is -0.466 e. The zero-order chi connectivity index (χ0) is 18.3. The lowest BCUT2D eigenvalue weighted by Gasteiger charge is -2.33. The average Bonchev–Trinajstić information content (AvgIpc) is 2.84. The molecule has 26 heavy (non-hydrogen) atoms. The molecule has 1 aromatic carbocycles. The number of benzene rings is 1. The number of hydrogen-bond donors (Lipinski definition) is 0. The Hall–Kier alpha value is -1.88. The fraction of sp³-hybridized carbons (Fsp3) is 0.524. The summed E-state index contributed by atoms with van der Waals surface area (Å²) in [5.74, 6) is 0.809. The molecule has 0 bridgehead atoms. The molecule has 4 nitrogen and oxygen atoms in total. The van der Waals surface area contributed by atoms with Crippen molar-refractivity contribution in [3.8, 4) is 5.88 Å². The second-order valence-electron chi connectivity index (χ2n) is 7.30. The zero-order valence-corrected chi connectivity index (χ0v) is 16.3. The molecule has 1 fully saturated rings. The molecule has 2 atom stereocenters. The van der Waals surface area contributed by atoms with Crippen LogP contribution in [0.2, 0.25) is 0 Å². The van der Waals surface area contributed by atoms with Crippen LogP contribution in [0.3, 0.4) is 0 Å². The highest BCUT2D eigenvalue weighted by molar-refractivity contribution is 7.71. The molecule has 2 aromatic rings. The van der Waals surface area contributed by atoms with Crippen LogP contribution in [-0.2, 0) is 18.7 Å². The van der Waals surface area contributed by atoms with Gasteiger partial charge in [-0.3, -0.25) is 13.9 Å². The average molecular weight is 371 g/mol. The van der Waals surface area contributed by atoms with Crippen molar-refractivity contribution >= 4 is 12.2 Å². The zero-order valence-electron chi connectivity index (χ0n) is 15.5. The Balaban J connectivity index is 2.02. The number of hydrogen-bond acceptors (Lipinski definition) is 3. The maximum Gasteiger partial charge on any atom is 0.261 e. The maximum absolute atomic E-state index is 13.3. The van der Waals surface area contributed by atoms with E-state index in [1.807, 2.05) is 17.6 Å². The van der Waals surface area contributed by atoms with Gasteiger partial charge < -0.3 is 4.74 Å². The van der Waals surface area contributed by atoms with E-state index >= 15 is 0 Å². The molecular formula is C21H26N2O2S. The van der Waals surface area contributed by atoms with Crippen molar-refractivity contribution in [2.45, 2.75) is 70.6 Å². The Morgan fingerprint density at radius 3 is 2.54 bits per heavy atom. The van der Waals surface area contributed by atoms with Crippen LogP contribution in [0.15, 0.2) is 35.1 Å². The monoisotopic (exact) mass is 370 g/mol. The van der Waals surface area contributed by atoms with E-state index in [0.29, 0.717) is 23.7 Å². The number of fused-ring (bicyclic) bond motifs is 3. The third-order valence-electron chi connectivity index (χ3n) is 6.04. The van der Waals surface area contributed by atoms with Crippen LogP contribution in [0.25, 0.3) is 0 Å². The van der Waals surface area contributed by atoms with Gasteiger partial charge in [0.25, 0.3) is 5.56 Å². The third kappa shape index (κ3) is 2.40. The standard InChI is InChI=1S/C21H26N2O2S/c1-3-22-18(24)17-16-13-9-6-10-14-21(16,15-11-7-5-8-12-15)25-19(17)23(4-2)20(22)26/h5,7-8,11-12,16H,3-4,6,9-10,13-14H2,1-2H3/t16-,21+/m0/s1. The highest BCUT2D eigenvalue weighted by atomic mass is 32.1. The van der Waals surface area contributed by atoms with Crippen molar-refractivity contribution in [1.82, 2.24) is 9.13 Å². The van der Waals surface area contributed by atoms with E-state index in [2.05, 4.69) is 31.2 Å². The van der Waals surface area contributed by atoms with Gasteiger partial charge in [0.05, 0.1) is 5.56 Å². The van der Waals surface area contributed by atoms with Crippen LogP contribution in [0.1, 0.15) is 63.0 Å². The summed E-state index contributed by atoms with van der Waals surface area (Å²) >= 11 is 5.61. The van der Waals surface area contributed by atoms with E-state index < -0.39 is 5.60 Å². The number of rotatable bonds is 3. The number of ether oxygens (including phenoxy) is 1. The van der Waals surface area contributed by atoms with Gasteiger partial charge in [-0.1, -0.05) is 43.2 Å². The van der Waals surface area contributed by atoms with E-state index in [-0.39, 0.29) is 11.5 Å². The van der Waals surface area contributed by atoms with Crippen molar-refractivity contribution in [3.05, 3.63) is 56.6 Å². The summed E-state index contributed by atoms with van der Waals surface area (Å²) < 4.78 is 11.0. The number of aromatic nitrogens is 2. The Morgan fingerprint density at radius 2 is 1.85 bits per heavy atom. The Labute approximate surface area is 159 Å². The third-order valence-corrected chi connectivity index (χ3v) is 6.48. The number of nitrogens with zero attached hydrogens (tertiary/aromatic N) is 2. The van der Waals surface area contributed by atoms with Crippen LogP contribution >= 0.6 is 12.2 Å². The molecule has 0 saturated heterocycles. The molecule has 2 aliphatic rings. The Kier molecular flexibility index (Phi) is 4.51. The van der Waals surface area contributed by atoms with Gasteiger partial charge in [0.15, 0.2) is 4.77 Å². The highest BCUT2D eigenvalue weighted by Gasteiger charge is 2.52. The molecular weight excluding hydrogens is 344 g/mol. The summed E-state index contributed by atoms with van der Waals surface area (Å²) in [5.41, 5.74) is 1.62. The summed E-state index contributed by atoms with van der Waals surface area (Å²) in [6.45, 7) is 5.35. The predicted octanol–water partition coefficient (Wildman–Crippen LogP) is 4.75. The second-order valence-corrected chi connectivity index (χ2v) is 7.67. The van der Waals surface area contributed by atoms with Crippen molar-refractivity contribution < 1.29 is 4.74 Å². The Bertz CT molecular complexity index is 932. The van der Waals surface area contributed by atoms with E-state index in [9.17, 15) is 4.79 Å². The molecule has 0 amide bonds. The summed E-state index contributed by atoms with van der Waals surface area (Å²) in [7, 11) is 0. The molecule has 0 spiro atoms. The first kappa shape index (κ1) is 17.5. The highest BCUT2D eigenvalue weighted by Crippen LogP contribution is 2.55. The lowest BCUT2D eigenvalue weighted by molar-refractivity contribution is 0.0494. The smallest absolute Gasteiger partial charge is 0.261 e. The first-order valence-electron chi connectivity index (χ1n) is 9.76. The van der Waals surface area contributed by atoms with Crippen LogP contribution in [0, 0.1) is 4.77 Å². The van der Waals surface area contributed by atoms with Gasteiger partial charge >= 0.3 is 0 Å². The van der Waals surface area contributed by atoms with Crippen molar-refractivity contribution in [2.75, 3.05) is 0 Å².